The molecule has 0 radical (unpaired) electrons. The highest BCUT2D eigenvalue weighted by molar-refractivity contribution is 6.62. The zero-order valence-corrected chi connectivity index (χ0v) is 19.7. The van der Waals surface area contributed by atoms with Crippen LogP contribution in [0, 0.1) is 13.8 Å². The maximum atomic E-state index is 12.9. The maximum absolute atomic E-state index is 12.9. The molecule has 3 heterocycles. The van der Waals surface area contributed by atoms with Crippen LogP contribution in [0.3, 0.4) is 0 Å². The quantitative estimate of drug-likeness (QED) is 0.623. The van der Waals surface area contributed by atoms with E-state index in [1.807, 2.05) is 52.8 Å². The van der Waals surface area contributed by atoms with Crippen LogP contribution in [-0.4, -0.2) is 37.4 Å². The summed E-state index contributed by atoms with van der Waals surface area (Å²) in [4.78, 5) is 34.1. The average Bonchev–Trinajstić information content (AvgIpc) is 2.92. The van der Waals surface area contributed by atoms with E-state index in [9.17, 15) is 9.59 Å². The Balaban J connectivity index is 1.83. The Morgan fingerprint density at radius 1 is 0.969 bits per heavy atom. The second kappa shape index (κ2) is 7.28. The second-order valence-corrected chi connectivity index (χ2v) is 9.26. The van der Waals surface area contributed by atoms with Gasteiger partial charge in [-0.05, 0) is 58.6 Å². The molecule has 1 fully saturated rings. The molecule has 32 heavy (non-hydrogen) atoms. The minimum absolute atomic E-state index is 0.251. The SMILES string of the molecule is Cc1nc(Nc2cccc(B3OC(C)(C)C(C)(C)O3)c2C)c2c(=O)n(C)c(=O)n(C)c2n1. The van der Waals surface area contributed by atoms with E-state index in [0.717, 1.165) is 21.3 Å². The van der Waals surface area contributed by atoms with Crippen molar-refractivity contribution in [3.05, 3.63) is 50.4 Å². The molecule has 0 aliphatic carbocycles. The molecule has 0 spiro atoms. The van der Waals surface area contributed by atoms with Crippen LogP contribution in [-0.2, 0) is 23.4 Å². The first-order valence-corrected chi connectivity index (χ1v) is 10.5. The first-order valence-electron chi connectivity index (χ1n) is 10.5. The van der Waals surface area contributed by atoms with E-state index in [1.165, 1.54) is 11.6 Å². The maximum Gasteiger partial charge on any atom is 0.495 e. The van der Waals surface area contributed by atoms with Crippen molar-refractivity contribution >= 4 is 35.1 Å². The smallest absolute Gasteiger partial charge is 0.399 e. The van der Waals surface area contributed by atoms with Crippen molar-refractivity contribution in [2.24, 2.45) is 14.1 Å². The van der Waals surface area contributed by atoms with E-state index in [0.29, 0.717) is 11.6 Å². The summed E-state index contributed by atoms with van der Waals surface area (Å²) < 4.78 is 14.9. The van der Waals surface area contributed by atoms with Gasteiger partial charge in [0.2, 0.25) is 0 Å². The van der Waals surface area contributed by atoms with Gasteiger partial charge in [0.15, 0.2) is 5.65 Å². The van der Waals surface area contributed by atoms with E-state index >= 15 is 0 Å². The highest BCUT2D eigenvalue weighted by Gasteiger charge is 2.52. The van der Waals surface area contributed by atoms with Crippen molar-refractivity contribution in [1.29, 1.82) is 0 Å². The van der Waals surface area contributed by atoms with Crippen LogP contribution in [0.2, 0.25) is 0 Å². The Bertz CT molecular complexity index is 1340. The van der Waals surface area contributed by atoms with Crippen molar-refractivity contribution in [3.63, 3.8) is 0 Å². The monoisotopic (exact) mass is 437 g/mol. The molecule has 0 saturated carbocycles. The van der Waals surface area contributed by atoms with Gasteiger partial charge in [-0.15, -0.1) is 0 Å². The third-order valence-corrected chi connectivity index (χ3v) is 6.55. The van der Waals surface area contributed by atoms with Gasteiger partial charge in [0.05, 0.1) is 11.2 Å². The number of hydrogen-bond donors (Lipinski definition) is 1. The van der Waals surface area contributed by atoms with Crippen LogP contribution in [0.25, 0.3) is 11.0 Å². The average molecular weight is 437 g/mol. The number of rotatable bonds is 3. The topological polar surface area (TPSA) is 100 Å². The number of hydrogen-bond acceptors (Lipinski definition) is 7. The predicted octanol–water partition coefficient (Wildman–Crippen LogP) is 1.69. The summed E-state index contributed by atoms with van der Waals surface area (Å²) in [6, 6.07) is 5.77. The number of aromatic nitrogens is 4. The molecular weight excluding hydrogens is 409 g/mol. The van der Waals surface area contributed by atoms with Gasteiger partial charge >= 0.3 is 12.8 Å². The molecule has 1 N–H and O–H groups in total. The summed E-state index contributed by atoms with van der Waals surface area (Å²) in [6.07, 6.45) is 0. The summed E-state index contributed by atoms with van der Waals surface area (Å²) in [5.74, 6) is 0.792. The van der Waals surface area contributed by atoms with Gasteiger partial charge in [-0.1, -0.05) is 12.1 Å². The zero-order valence-electron chi connectivity index (χ0n) is 19.7. The fraction of sp³-hybridized carbons (Fsp3) is 0.455. The number of fused-ring (bicyclic) bond motifs is 1. The molecule has 10 heteroatoms. The highest BCUT2D eigenvalue weighted by Crippen LogP contribution is 2.37. The lowest BCUT2D eigenvalue weighted by molar-refractivity contribution is 0.00578. The zero-order chi connectivity index (χ0) is 23.6. The van der Waals surface area contributed by atoms with Gasteiger partial charge in [0.1, 0.15) is 17.0 Å². The predicted molar refractivity (Wildman–Crippen MR) is 125 cm³/mol. The Morgan fingerprint density at radius 3 is 2.22 bits per heavy atom. The third kappa shape index (κ3) is 3.34. The van der Waals surface area contributed by atoms with Gasteiger partial charge in [-0.2, -0.15) is 0 Å². The van der Waals surface area contributed by atoms with Gasteiger partial charge in [0, 0.05) is 19.8 Å². The Kier molecular flexibility index (Phi) is 5.06. The first kappa shape index (κ1) is 22.2. The van der Waals surface area contributed by atoms with E-state index in [4.69, 9.17) is 9.31 Å². The van der Waals surface area contributed by atoms with Crippen molar-refractivity contribution in [2.45, 2.75) is 52.7 Å². The lowest BCUT2D eigenvalue weighted by atomic mass is 9.76. The van der Waals surface area contributed by atoms with Gasteiger partial charge in [0.25, 0.3) is 5.56 Å². The highest BCUT2D eigenvalue weighted by atomic mass is 16.7. The molecule has 3 aromatic rings. The molecule has 1 aliphatic rings. The largest absolute Gasteiger partial charge is 0.495 e. The van der Waals surface area contributed by atoms with Crippen LogP contribution in [0.5, 0.6) is 0 Å². The van der Waals surface area contributed by atoms with Crippen LogP contribution in [0.1, 0.15) is 39.1 Å². The standard InChI is InChI=1S/C22H28BN5O4/c1-12-14(23-31-21(3,4)22(5,6)32-23)10-9-11-15(12)26-17-16-18(25-13(2)24-17)27(7)20(30)28(8)19(16)29/h9-11H,1-8H3,(H,24,25,26). The second-order valence-electron chi connectivity index (χ2n) is 9.26. The molecule has 1 aliphatic heterocycles. The molecule has 0 bridgehead atoms. The summed E-state index contributed by atoms with van der Waals surface area (Å²) in [6.45, 7) is 11.7. The van der Waals surface area contributed by atoms with Crippen molar-refractivity contribution in [3.8, 4) is 0 Å². The number of benzene rings is 1. The van der Waals surface area contributed by atoms with E-state index in [2.05, 4.69) is 15.3 Å². The van der Waals surface area contributed by atoms with Crippen molar-refractivity contribution in [1.82, 2.24) is 19.1 Å². The van der Waals surface area contributed by atoms with Crippen molar-refractivity contribution < 1.29 is 9.31 Å². The first-order chi connectivity index (χ1) is 14.8. The molecule has 1 saturated heterocycles. The summed E-state index contributed by atoms with van der Waals surface area (Å²) >= 11 is 0. The van der Waals surface area contributed by atoms with Crippen LogP contribution in [0.4, 0.5) is 11.5 Å². The lowest BCUT2D eigenvalue weighted by Crippen LogP contribution is -2.41. The van der Waals surface area contributed by atoms with Crippen LogP contribution >= 0.6 is 0 Å². The van der Waals surface area contributed by atoms with Crippen molar-refractivity contribution in [2.75, 3.05) is 5.32 Å². The molecule has 9 nitrogen and oxygen atoms in total. The Hall–Kier alpha value is -2.98. The minimum Gasteiger partial charge on any atom is -0.399 e. The molecule has 4 rings (SSSR count). The van der Waals surface area contributed by atoms with Crippen LogP contribution < -0.4 is 22.0 Å². The van der Waals surface area contributed by atoms with Crippen LogP contribution in [0.15, 0.2) is 27.8 Å². The fourth-order valence-electron chi connectivity index (χ4n) is 3.80. The van der Waals surface area contributed by atoms with E-state index < -0.39 is 29.6 Å². The third-order valence-electron chi connectivity index (χ3n) is 6.55. The number of anilines is 2. The molecule has 2 aromatic heterocycles. The lowest BCUT2D eigenvalue weighted by Gasteiger charge is -2.32. The number of nitrogens with one attached hydrogen (secondary N) is 1. The molecule has 0 unspecified atom stereocenters. The minimum atomic E-state index is -0.515. The Morgan fingerprint density at radius 2 is 1.59 bits per heavy atom. The molecular formula is C22H28BN5O4. The summed E-state index contributed by atoms with van der Waals surface area (Å²) in [5.41, 5.74) is 1.05. The van der Waals surface area contributed by atoms with E-state index in [-0.39, 0.29) is 11.0 Å². The number of nitrogens with zero attached hydrogens (tertiary/aromatic N) is 4. The fourth-order valence-corrected chi connectivity index (χ4v) is 3.80. The van der Waals surface area contributed by atoms with Gasteiger partial charge in [-0.3, -0.25) is 13.9 Å². The molecule has 168 valence electrons. The normalized spacial score (nSPS) is 17.2. The van der Waals surface area contributed by atoms with E-state index in [1.54, 1.807) is 14.0 Å². The number of aryl methyl sites for hydroxylation is 2. The van der Waals surface area contributed by atoms with Gasteiger partial charge < -0.3 is 14.6 Å². The van der Waals surface area contributed by atoms with Gasteiger partial charge in [-0.25, -0.2) is 14.8 Å². The molecule has 0 atom stereocenters. The Labute approximate surface area is 186 Å². The molecule has 0 amide bonds. The summed E-state index contributed by atoms with van der Waals surface area (Å²) in [5, 5.41) is 3.54. The summed E-state index contributed by atoms with van der Waals surface area (Å²) in [7, 11) is 2.52. The molecule has 1 aromatic carbocycles.